The van der Waals surface area contributed by atoms with Gasteiger partial charge in [0, 0.05) is 30.0 Å². The van der Waals surface area contributed by atoms with E-state index in [1.54, 1.807) is 16.8 Å². The number of non-ortho nitro benzene ring substituents is 1. The first-order valence-electron chi connectivity index (χ1n) is 9.42. The predicted molar refractivity (Wildman–Crippen MR) is 114 cm³/mol. The fraction of sp³-hybridized carbons (Fsp3) is 0.190. The zero-order chi connectivity index (χ0) is 21.0. The average molecular weight is 419 g/mol. The van der Waals surface area contributed by atoms with Gasteiger partial charge in [0.25, 0.3) is 5.69 Å². The highest BCUT2D eigenvalue weighted by Gasteiger charge is 2.33. The molecule has 0 bridgehead atoms. The van der Waals surface area contributed by atoms with Gasteiger partial charge in [-0.1, -0.05) is 29.5 Å². The topological polar surface area (TPSA) is 103 Å². The highest BCUT2D eigenvalue weighted by molar-refractivity contribution is 7.20. The van der Waals surface area contributed by atoms with Gasteiger partial charge in [0.05, 0.1) is 20.8 Å². The lowest BCUT2D eigenvalue weighted by atomic mass is 9.86. The Morgan fingerprint density at radius 1 is 1.20 bits per heavy atom. The Balaban J connectivity index is 1.63. The maximum absolute atomic E-state index is 12.5. The van der Waals surface area contributed by atoms with E-state index in [0.717, 1.165) is 32.6 Å². The van der Waals surface area contributed by atoms with Gasteiger partial charge in [-0.25, -0.2) is 4.98 Å². The van der Waals surface area contributed by atoms with Crippen LogP contribution < -0.4 is 5.32 Å². The molecule has 0 saturated carbocycles. The van der Waals surface area contributed by atoms with Gasteiger partial charge in [0.2, 0.25) is 11.0 Å². The molecule has 9 heteroatoms. The van der Waals surface area contributed by atoms with E-state index in [1.807, 2.05) is 26.0 Å². The van der Waals surface area contributed by atoms with Crippen LogP contribution in [0.15, 0.2) is 42.5 Å². The third kappa shape index (κ3) is 2.94. The number of hydrogen-bond donors (Lipinski definition) is 1. The number of hydrogen-bond acceptors (Lipinski definition) is 6. The lowest BCUT2D eigenvalue weighted by molar-refractivity contribution is -0.384. The molecule has 1 atom stereocenters. The van der Waals surface area contributed by atoms with Crippen molar-refractivity contribution in [2.24, 2.45) is 0 Å². The van der Waals surface area contributed by atoms with Gasteiger partial charge >= 0.3 is 0 Å². The second-order valence-electron chi connectivity index (χ2n) is 7.38. The summed E-state index contributed by atoms with van der Waals surface area (Å²) in [4.78, 5) is 27.7. The van der Waals surface area contributed by atoms with Crippen LogP contribution in [0.1, 0.15) is 34.7 Å². The van der Waals surface area contributed by atoms with E-state index in [-0.39, 0.29) is 23.9 Å². The van der Waals surface area contributed by atoms with Crippen molar-refractivity contribution in [1.82, 2.24) is 14.8 Å². The van der Waals surface area contributed by atoms with E-state index in [0.29, 0.717) is 10.9 Å². The molecule has 0 fully saturated rings. The SMILES string of the molecule is Cc1ccc2nc(-n3nc(C)c4c3NC(=O)C[C@@H]4c3ccc([N+](=O)[O-])cc3)sc2c1. The Hall–Kier alpha value is -3.59. The summed E-state index contributed by atoms with van der Waals surface area (Å²) < 4.78 is 2.75. The summed E-state index contributed by atoms with van der Waals surface area (Å²) in [6, 6.07) is 12.4. The number of benzene rings is 2. The molecule has 0 unspecified atom stereocenters. The van der Waals surface area contributed by atoms with Gasteiger partial charge in [-0.3, -0.25) is 14.9 Å². The molecule has 8 nitrogen and oxygen atoms in total. The lowest BCUT2D eigenvalue weighted by Gasteiger charge is -2.24. The predicted octanol–water partition coefficient (Wildman–Crippen LogP) is 4.48. The summed E-state index contributed by atoms with van der Waals surface area (Å²) in [6.07, 6.45) is 0.260. The molecule has 150 valence electrons. The van der Waals surface area contributed by atoms with Crippen LogP contribution >= 0.6 is 11.3 Å². The Morgan fingerprint density at radius 3 is 2.70 bits per heavy atom. The minimum Gasteiger partial charge on any atom is -0.310 e. The first-order chi connectivity index (χ1) is 14.4. The first-order valence-corrected chi connectivity index (χ1v) is 10.2. The second kappa shape index (κ2) is 6.74. The number of nitro groups is 1. The number of nitrogens with zero attached hydrogens (tertiary/aromatic N) is 4. The van der Waals surface area contributed by atoms with Gasteiger partial charge in [-0.2, -0.15) is 9.78 Å². The van der Waals surface area contributed by atoms with Crippen molar-refractivity contribution in [2.45, 2.75) is 26.2 Å². The standard InChI is InChI=1S/C21H17N5O3S/c1-11-3-8-16-17(9-11)30-21(22-16)25-20-19(12(2)24-25)15(10-18(27)23-20)13-4-6-14(7-5-13)26(28)29/h3-9,15H,10H2,1-2H3,(H,23,27)/t15-/m1/s1. The largest absolute Gasteiger partial charge is 0.310 e. The number of aryl methyl sites for hydroxylation is 2. The molecule has 2 aromatic carbocycles. The Morgan fingerprint density at radius 2 is 1.97 bits per heavy atom. The Bertz CT molecular complexity index is 1320. The van der Waals surface area contributed by atoms with Crippen LogP contribution in [0.4, 0.5) is 11.5 Å². The van der Waals surface area contributed by atoms with E-state index in [1.165, 1.54) is 23.5 Å². The zero-order valence-electron chi connectivity index (χ0n) is 16.2. The summed E-state index contributed by atoms with van der Waals surface area (Å²) in [5.41, 5.74) is 4.62. The van der Waals surface area contributed by atoms with Crippen LogP contribution in [0.25, 0.3) is 15.3 Å². The number of rotatable bonds is 3. The smallest absolute Gasteiger partial charge is 0.269 e. The highest BCUT2D eigenvalue weighted by Crippen LogP contribution is 2.41. The molecule has 0 radical (unpaired) electrons. The number of carbonyl (C=O) groups excluding carboxylic acids is 1. The number of anilines is 1. The zero-order valence-corrected chi connectivity index (χ0v) is 17.1. The van der Waals surface area contributed by atoms with Gasteiger partial charge < -0.3 is 5.32 Å². The molecule has 1 amide bonds. The van der Waals surface area contributed by atoms with Crippen molar-refractivity contribution in [2.75, 3.05) is 5.32 Å². The van der Waals surface area contributed by atoms with Gasteiger partial charge in [0.15, 0.2) is 0 Å². The fourth-order valence-corrected chi connectivity index (χ4v) is 4.93. The summed E-state index contributed by atoms with van der Waals surface area (Å²) in [7, 11) is 0. The molecule has 0 spiro atoms. The minimum atomic E-state index is -0.430. The lowest BCUT2D eigenvalue weighted by Crippen LogP contribution is -2.24. The number of fused-ring (bicyclic) bond motifs is 2. The van der Waals surface area contributed by atoms with E-state index in [4.69, 9.17) is 4.98 Å². The van der Waals surface area contributed by atoms with Crippen molar-refractivity contribution in [3.63, 3.8) is 0 Å². The molecule has 0 aliphatic carbocycles. The van der Waals surface area contributed by atoms with Crippen LogP contribution in [0, 0.1) is 24.0 Å². The van der Waals surface area contributed by atoms with Crippen LogP contribution in [0.3, 0.4) is 0 Å². The normalized spacial score (nSPS) is 15.8. The van der Waals surface area contributed by atoms with Crippen LogP contribution in [0.2, 0.25) is 0 Å². The fourth-order valence-electron chi connectivity index (χ4n) is 3.91. The van der Waals surface area contributed by atoms with Crippen molar-refractivity contribution in [3.05, 3.63) is 75.0 Å². The van der Waals surface area contributed by atoms with Gasteiger partial charge in [-0.05, 0) is 37.1 Å². The van der Waals surface area contributed by atoms with Crippen molar-refractivity contribution < 1.29 is 9.72 Å². The summed E-state index contributed by atoms with van der Waals surface area (Å²) >= 11 is 1.52. The van der Waals surface area contributed by atoms with E-state index in [2.05, 4.69) is 16.5 Å². The molecule has 30 heavy (non-hydrogen) atoms. The van der Waals surface area contributed by atoms with E-state index >= 15 is 0 Å². The third-order valence-corrected chi connectivity index (χ3v) is 6.32. The molecule has 1 aliphatic rings. The van der Waals surface area contributed by atoms with Crippen molar-refractivity contribution in [1.29, 1.82) is 0 Å². The number of amides is 1. The highest BCUT2D eigenvalue weighted by atomic mass is 32.1. The Kier molecular flexibility index (Phi) is 4.14. The molecule has 1 N–H and O–H groups in total. The summed E-state index contributed by atoms with van der Waals surface area (Å²) in [5, 5.41) is 19.3. The molecular formula is C21H17N5O3S. The van der Waals surface area contributed by atoms with E-state index in [9.17, 15) is 14.9 Å². The quantitative estimate of drug-likeness (QED) is 0.389. The molecule has 0 saturated heterocycles. The molecule has 5 rings (SSSR count). The number of nitro benzene ring substituents is 1. The molecule has 3 heterocycles. The summed E-state index contributed by atoms with van der Waals surface area (Å²) in [5.74, 6) is 0.270. The van der Waals surface area contributed by atoms with Crippen LogP contribution in [0.5, 0.6) is 0 Å². The van der Waals surface area contributed by atoms with Crippen molar-refractivity contribution in [3.8, 4) is 5.13 Å². The number of thiazole rings is 1. The third-order valence-electron chi connectivity index (χ3n) is 5.32. The number of nitrogens with one attached hydrogen (secondary N) is 1. The minimum absolute atomic E-state index is 0.0245. The maximum atomic E-state index is 12.5. The molecule has 2 aromatic heterocycles. The number of aromatic nitrogens is 3. The molecular weight excluding hydrogens is 402 g/mol. The van der Waals surface area contributed by atoms with Gasteiger partial charge in [-0.15, -0.1) is 0 Å². The molecule has 1 aliphatic heterocycles. The monoisotopic (exact) mass is 419 g/mol. The maximum Gasteiger partial charge on any atom is 0.269 e. The Labute approximate surface area is 175 Å². The second-order valence-corrected chi connectivity index (χ2v) is 8.39. The first kappa shape index (κ1) is 18.4. The molecule has 4 aromatic rings. The van der Waals surface area contributed by atoms with Crippen molar-refractivity contribution >= 4 is 39.0 Å². The van der Waals surface area contributed by atoms with E-state index < -0.39 is 4.92 Å². The van der Waals surface area contributed by atoms with Gasteiger partial charge in [0.1, 0.15) is 5.82 Å². The van der Waals surface area contributed by atoms with Crippen LogP contribution in [-0.4, -0.2) is 25.6 Å². The van der Waals surface area contributed by atoms with Crippen LogP contribution in [-0.2, 0) is 4.79 Å². The number of carbonyl (C=O) groups is 1. The average Bonchev–Trinajstić information content (AvgIpc) is 3.28. The summed E-state index contributed by atoms with van der Waals surface area (Å²) in [6.45, 7) is 3.94.